The molecule has 0 fully saturated rings. The van der Waals surface area contributed by atoms with E-state index in [0.717, 1.165) is 0 Å². The number of carbonyl (C=O) groups excluding carboxylic acids is 1. The zero-order chi connectivity index (χ0) is 4.28. The van der Waals surface area contributed by atoms with Crippen molar-refractivity contribution in [2.24, 2.45) is 11.6 Å². The van der Waals surface area contributed by atoms with E-state index in [1.54, 1.807) is 5.43 Å². The molecular formula is CH6KN3O. The van der Waals surface area contributed by atoms with Gasteiger partial charge < -0.3 is 7.16 Å². The Morgan fingerprint density at radius 2 is 2.00 bits per heavy atom. The molecule has 0 atom stereocenters. The van der Waals surface area contributed by atoms with Crippen LogP contribution >= 0.6 is 0 Å². The normalized spacial score (nSPS) is 5.50. The molecule has 0 saturated carbocycles. The summed E-state index contributed by atoms with van der Waals surface area (Å²) in [6, 6.07) is -0.718. The summed E-state index contributed by atoms with van der Waals surface area (Å²) >= 11 is 0. The van der Waals surface area contributed by atoms with Crippen LogP contribution in [0.3, 0.4) is 0 Å². The van der Waals surface area contributed by atoms with E-state index in [-0.39, 0.29) is 52.8 Å². The Hall–Kier alpha value is 0.866. The average molecular weight is 115 g/mol. The molecule has 0 rings (SSSR count). The summed E-state index contributed by atoms with van der Waals surface area (Å²) < 4.78 is 0. The smallest absolute Gasteiger partial charge is 1.00 e. The number of nitrogens with two attached hydrogens (primary N) is 2. The topological polar surface area (TPSA) is 81.1 Å². The zero-order valence-corrected chi connectivity index (χ0v) is 6.69. The van der Waals surface area contributed by atoms with Crippen LogP contribution in [0.2, 0.25) is 0 Å². The maximum atomic E-state index is 9.35. The minimum absolute atomic E-state index is 0. The molecule has 0 aromatic carbocycles. The molecule has 32 valence electrons. The van der Waals surface area contributed by atoms with Crippen molar-refractivity contribution in [1.29, 1.82) is 0 Å². The summed E-state index contributed by atoms with van der Waals surface area (Å²) in [4.78, 5) is 9.35. The molecule has 5 heteroatoms. The van der Waals surface area contributed by atoms with Crippen LogP contribution in [0.4, 0.5) is 4.79 Å². The van der Waals surface area contributed by atoms with Crippen molar-refractivity contribution >= 4 is 6.03 Å². The van der Waals surface area contributed by atoms with Gasteiger partial charge in [0.2, 0.25) is 0 Å². The van der Waals surface area contributed by atoms with Gasteiger partial charge in [0.15, 0.2) is 0 Å². The first-order valence-corrected chi connectivity index (χ1v) is 1.03. The molecule has 0 aliphatic rings. The molecule has 0 aromatic rings. The molecule has 6 heavy (non-hydrogen) atoms. The second-order valence-corrected chi connectivity index (χ2v) is 0.509. The van der Waals surface area contributed by atoms with E-state index in [1.807, 2.05) is 0 Å². The molecule has 0 spiro atoms. The number of amides is 2. The van der Waals surface area contributed by atoms with E-state index in [0.29, 0.717) is 0 Å². The Balaban J connectivity index is -0.0000000800. The largest absolute Gasteiger partial charge is 1.00 e. The second-order valence-electron chi connectivity index (χ2n) is 0.509. The molecule has 0 aromatic heterocycles. The number of hydrogen-bond acceptors (Lipinski definition) is 2. The van der Waals surface area contributed by atoms with Crippen molar-refractivity contribution in [2.45, 2.75) is 0 Å². The number of nitrogens with one attached hydrogen (secondary N) is 1. The van der Waals surface area contributed by atoms with Crippen molar-refractivity contribution in [3.05, 3.63) is 0 Å². The van der Waals surface area contributed by atoms with Gasteiger partial charge in [0.25, 0.3) is 0 Å². The van der Waals surface area contributed by atoms with Crippen LogP contribution in [0.15, 0.2) is 0 Å². The predicted molar refractivity (Wildman–Crippen MR) is 18.0 cm³/mol. The van der Waals surface area contributed by atoms with Crippen LogP contribution in [0.25, 0.3) is 0 Å². The second kappa shape index (κ2) is 5.87. The Morgan fingerprint density at radius 1 is 1.83 bits per heavy atom. The number of hydrazine groups is 1. The van der Waals surface area contributed by atoms with Gasteiger partial charge in [-0.25, -0.2) is 10.6 Å². The molecule has 0 unspecified atom stereocenters. The number of primary amides is 1. The van der Waals surface area contributed by atoms with Crippen molar-refractivity contribution in [2.75, 3.05) is 0 Å². The summed E-state index contributed by atoms with van der Waals surface area (Å²) in [6.07, 6.45) is 0. The van der Waals surface area contributed by atoms with E-state index in [1.165, 1.54) is 0 Å². The Morgan fingerprint density at radius 3 is 2.00 bits per heavy atom. The van der Waals surface area contributed by atoms with Crippen LogP contribution in [0.5, 0.6) is 0 Å². The van der Waals surface area contributed by atoms with Crippen LogP contribution in [-0.2, 0) is 0 Å². The quantitative estimate of drug-likeness (QED) is 0.129. The van der Waals surface area contributed by atoms with Crippen molar-refractivity contribution < 1.29 is 57.6 Å². The van der Waals surface area contributed by atoms with E-state index >= 15 is 0 Å². The third-order valence-corrected chi connectivity index (χ3v) is 0.142. The summed E-state index contributed by atoms with van der Waals surface area (Å²) in [5, 5.41) is 0. The van der Waals surface area contributed by atoms with Crippen LogP contribution in [-0.4, -0.2) is 6.03 Å². The van der Waals surface area contributed by atoms with Gasteiger partial charge in [-0.3, -0.25) is 5.43 Å². The number of urea groups is 1. The van der Waals surface area contributed by atoms with Crippen LogP contribution < -0.4 is 68.4 Å². The molecule has 0 aliphatic carbocycles. The third kappa shape index (κ3) is 8.85. The Kier molecular flexibility index (Phi) is 9.76. The number of carbonyl (C=O) groups is 1. The molecular weight excluding hydrogens is 109 g/mol. The first-order valence-electron chi connectivity index (χ1n) is 1.03. The molecule has 0 saturated heterocycles. The summed E-state index contributed by atoms with van der Waals surface area (Å²) in [6.45, 7) is 0. The van der Waals surface area contributed by atoms with Crippen LogP contribution in [0.1, 0.15) is 1.43 Å². The standard InChI is InChI=1S/CH5N3O.K.H/c2-1(5)4-3;;/h3H2,(H3,2,4,5);;/q;+1;-1. The van der Waals surface area contributed by atoms with Crippen molar-refractivity contribution in [3.8, 4) is 0 Å². The van der Waals surface area contributed by atoms with Gasteiger partial charge in [0, 0.05) is 0 Å². The van der Waals surface area contributed by atoms with E-state index in [9.17, 15) is 4.79 Å². The molecule has 0 radical (unpaired) electrons. The molecule has 0 aliphatic heterocycles. The predicted octanol–water partition coefficient (Wildman–Crippen LogP) is -4.36. The molecule has 0 heterocycles. The molecule has 5 N–H and O–H groups in total. The number of hydrogen-bond donors (Lipinski definition) is 3. The minimum atomic E-state index is -0.718. The molecule has 2 amide bonds. The monoisotopic (exact) mass is 115 g/mol. The Bertz CT molecular complexity index is 50.2. The fraction of sp³-hybridized carbons (Fsp3) is 0. The first kappa shape index (κ1) is 9.98. The summed E-state index contributed by atoms with van der Waals surface area (Å²) in [7, 11) is 0. The fourth-order valence-electron chi connectivity index (χ4n) is 0. The van der Waals surface area contributed by atoms with E-state index in [4.69, 9.17) is 0 Å². The van der Waals surface area contributed by atoms with Gasteiger partial charge in [0.1, 0.15) is 0 Å². The van der Waals surface area contributed by atoms with Crippen LogP contribution in [0, 0.1) is 0 Å². The number of rotatable bonds is 0. The Labute approximate surface area is 79.5 Å². The fourth-order valence-corrected chi connectivity index (χ4v) is 0. The summed E-state index contributed by atoms with van der Waals surface area (Å²) in [5.74, 6) is 4.45. The maximum Gasteiger partial charge on any atom is 1.00 e. The maximum absolute atomic E-state index is 9.35. The van der Waals surface area contributed by atoms with Gasteiger partial charge in [-0.05, 0) is 0 Å². The molecule has 0 bridgehead atoms. The van der Waals surface area contributed by atoms with Gasteiger partial charge in [0.05, 0.1) is 0 Å². The average Bonchev–Trinajstić information content (AvgIpc) is 1.38. The van der Waals surface area contributed by atoms with Gasteiger partial charge in [-0.1, -0.05) is 0 Å². The SMILES string of the molecule is NNC(N)=O.[H-].[K+]. The van der Waals surface area contributed by atoms with Gasteiger partial charge in [-0.15, -0.1) is 0 Å². The summed E-state index contributed by atoms with van der Waals surface area (Å²) in [5.41, 5.74) is 6.08. The zero-order valence-electron chi connectivity index (χ0n) is 4.56. The van der Waals surface area contributed by atoms with Crippen molar-refractivity contribution in [1.82, 2.24) is 5.43 Å². The van der Waals surface area contributed by atoms with E-state index in [2.05, 4.69) is 11.6 Å². The van der Waals surface area contributed by atoms with Gasteiger partial charge in [-0.2, -0.15) is 0 Å². The molecule has 4 nitrogen and oxygen atoms in total. The third-order valence-electron chi connectivity index (χ3n) is 0.142. The van der Waals surface area contributed by atoms with E-state index < -0.39 is 6.03 Å². The minimum Gasteiger partial charge on any atom is -1.00 e. The first-order chi connectivity index (χ1) is 2.27. The van der Waals surface area contributed by atoms with Gasteiger partial charge >= 0.3 is 57.4 Å². The van der Waals surface area contributed by atoms with Crippen molar-refractivity contribution in [3.63, 3.8) is 0 Å².